The third-order valence-corrected chi connectivity index (χ3v) is 4.86. The molecule has 28 heavy (non-hydrogen) atoms. The highest BCUT2D eigenvalue weighted by Crippen LogP contribution is 2.19. The minimum Gasteiger partial charge on any atom is -0.268 e. The van der Waals surface area contributed by atoms with Crippen molar-refractivity contribution >= 4 is 23.1 Å². The number of hydrogen-bond acceptors (Lipinski definition) is 2. The second-order valence-electron chi connectivity index (χ2n) is 7.17. The number of benzene rings is 3. The van der Waals surface area contributed by atoms with E-state index in [4.69, 9.17) is 4.98 Å². The molecule has 3 aromatic carbocycles. The summed E-state index contributed by atoms with van der Waals surface area (Å²) in [7, 11) is 0. The van der Waals surface area contributed by atoms with E-state index in [1.807, 2.05) is 67.6 Å². The van der Waals surface area contributed by atoms with Crippen LogP contribution in [0.2, 0.25) is 0 Å². The molecule has 3 nitrogen and oxygen atoms in total. The molecule has 4 aromatic rings. The van der Waals surface area contributed by atoms with E-state index in [1.54, 1.807) is 4.57 Å². The largest absolute Gasteiger partial charge is 0.268 e. The van der Waals surface area contributed by atoms with Gasteiger partial charge in [-0.2, -0.15) is 0 Å². The lowest BCUT2D eigenvalue weighted by atomic mass is 10.1. The summed E-state index contributed by atoms with van der Waals surface area (Å²) in [5.41, 5.74) is 6.00. The Morgan fingerprint density at radius 3 is 2.39 bits per heavy atom. The average molecular weight is 366 g/mol. The zero-order chi connectivity index (χ0) is 19.7. The van der Waals surface area contributed by atoms with Gasteiger partial charge in [0.15, 0.2) is 0 Å². The molecule has 0 bridgehead atoms. The lowest BCUT2D eigenvalue weighted by Gasteiger charge is -2.14. The Bertz CT molecular complexity index is 1270. The van der Waals surface area contributed by atoms with E-state index in [0.29, 0.717) is 16.7 Å². The van der Waals surface area contributed by atoms with Crippen LogP contribution in [0, 0.1) is 20.8 Å². The number of rotatable bonds is 3. The molecule has 0 unspecified atom stereocenters. The summed E-state index contributed by atoms with van der Waals surface area (Å²) in [4.78, 5) is 18.1. The Morgan fingerprint density at radius 2 is 1.61 bits per heavy atom. The van der Waals surface area contributed by atoms with E-state index in [0.717, 1.165) is 16.8 Å². The van der Waals surface area contributed by atoms with Crippen LogP contribution in [-0.2, 0) is 0 Å². The van der Waals surface area contributed by atoms with Crippen molar-refractivity contribution in [2.24, 2.45) is 0 Å². The molecule has 4 rings (SSSR count). The van der Waals surface area contributed by atoms with Crippen molar-refractivity contribution in [3.05, 3.63) is 105 Å². The highest BCUT2D eigenvalue weighted by molar-refractivity contribution is 5.80. The number of hydrogen-bond donors (Lipinski definition) is 0. The fourth-order valence-corrected chi connectivity index (χ4v) is 3.50. The number of aryl methyl sites for hydroxylation is 3. The standard InChI is InChI=1S/C25H22N2O/c1-17-7-6-8-20(16-17)12-14-24-26-22-10-5-4-9-21(22)25(28)27(24)23-13-11-18(2)15-19(23)3/h4-16H,1-3H3. The Kier molecular flexibility index (Phi) is 4.66. The maximum atomic E-state index is 13.3. The van der Waals surface area contributed by atoms with Crippen LogP contribution < -0.4 is 5.56 Å². The molecule has 3 heteroatoms. The van der Waals surface area contributed by atoms with E-state index in [-0.39, 0.29) is 5.56 Å². The van der Waals surface area contributed by atoms with Crippen LogP contribution in [0.3, 0.4) is 0 Å². The fourth-order valence-electron chi connectivity index (χ4n) is 3.50. The predicted octanol–water partition coefficient (Wildman–Crippen LogP) is 5.48. The lowest BCUT2D eigenvalue weighted by Crippen LogP contribution is -2.23. The molecule has 0 aliphatic rings. The van der Waals surface area contributed by atoms with Crippen molar-refractivity contribution in [2.45, 2.75) is 20.8 Å². The first-order valence-corrected chi connectivity index (χ1v) is 9.37. The van der Waals surface area contributed by atoms with Crippen molar-refractivity contribution in [3.63, 3.8) is 0 Å². The third-order valence-electron chi connectivity index (χ3n) is 4.86. The number of fused-ring (bicyclic) bond motifs is 1. The van der Waals surface area contributed by atoms with E-state index >= 15 is 0 Å². The summed E-state index contributed by atoms with van der Waals surface area (Å²) < 4.78 is 1.71. The Hall–Kier alpha value is -3.46. The molecule has 0 aliphatic carbocycles. The Labute approximate surface area is 164 Å². The zero-order valence-corrected chi connectivity index (χ0v) is 16.3. The quantitative estimate of drug-likeness (QED) is 0.481. The molecule has 0 N–H and O–H groups in total. The first kappa shape index (κ1) is 17.9. The molecule has 0 saturated heterocycles. The summed E-state index contributed by atoms with van der Waals surface area (Å²) in [6.07, 6.45) is 3.92. The molecular weight excluding hydrogens is 344 g/mol. The van der Waals surface area contributed by atoms with Crippen molar-refractivity contribution in [3.8, 4) is 5.69 Å². The molecule has 1 aromatic heterocycles. The van der Waals surface area contributed by atoms with Gasteiger partial charge < -0.3 is 0 Å². The van der Waals surface area contributed by atoms with Gasteiger partial charge in [0.2, 0.25) is 0 Å². The van der Waals surface area contributed by atoms with Crippen LogP contribution in [0.5, 0.6) is 0 Å². The van der Waals surface area contributed by atoms with E-state index in [9.17, 15) is 4.79 Å². The topological polar surface area (TPSA) is 34.9 Å². The fraction of sp³-hybridized carbons (Fsp3) is 0.120. The predicted molar refractivity (Wildman–Crippen MR) is 117 cm³/mol. The van der Waals surface area contributed by atoms with Crippen LogP contribution >= 0.6 is 0 Å². The summed E-state index contributed by atoms with van der Waals surface area (Å²) in [5.74, 6) is 0.622. The highest BCUT2D eigenvalue weighted by Gasteiger charge is 2.12. The molecule has 0 atom stereocenters. The minimum atomic E-state index is -0.0542. The zero-order valence-electron chi connectivity index (χ0n) is 16.3. The molecule has 0 radical (unpaired) electrons. The van der Waals surface area contributed by atoms with Gasteiger partial charge in [-0.1, -0.05) is 65.7 Å². The van der Waals surface area contributed by atoms with E-state index < -0.39 is 0 Å². The highest BCUT2D eigenvalue weighted by atomic mass is 16.1. The van der Waals surface area contributed by atoms with Gasteiger partial charge in [-0.3, -0.25) is 9.36 Å². The maximum absolute atomic E-state index is 13.3. The van der Waals surface area contributed by atoms with Crippen molar-refractivity contribution in [1.29, 1.82) is 0 Å². The van der Waals surface area contributed by atoms with Gasteiger partial charge in [0.05, 0.1) is 16.6 Å². The van der Waals surface area contributed by atoms with E-state index in [2.05, 4.69) is 32.0 Å². The molecular formula is C25H22N2O. The Balaban J connectivity index is 1.97. The normalized spacial score (nSPS) is 11.4. The summed E-state index contributed by atoms with van der Waals surface area (Å²) in [6, 6.07) is 21.9. The van der Waals surface area contributed by atoms with Crippen molar-refractivity contribution < 1.29 is 0 Å². The van der Waals surface area contributed by atoms with Crippen molar-refractivity contribution in [2.75, 3.05) is 0 Å². The van der Waals surface area contributed by atoms with Crippen LogP contribution in [0.4, 0.5) is 0 Å². The molecule has 1 heterocycles. The molecule has 0 spiro atoms. The third kappa shape index (κ3) is 3.39. The number of para-hydroxylation sites is 1. The van der Waals surface area contributed by atoms with Gasteiger partial charge in [-0.05, 0) is 56.2 Å². The minimum absolute atomic E-state index is 0.0542. The SMILES string of the molecule is Cc1cccc(C=Cc2nc3ccccc3c(=O)n2-c2ccc(C)cc2C)c1. The van der Waals surface area contributed by atoms with E-state index in [1.165, 1.54) is 11.1 Å². The second kappa shape index (κ2) is 7.28. The number of aromatic nitrogens is 2. The van der Waals surface area contributed by atoms with Crippen LogP contribution in [-0.4, -0.2) is 9.55 Å². The summed E-state index contributed by atoms with van der Waals surface area (Å²) >= 11 is 0. The van der Waals surface area contributed by atoms with Gasteiger partial charge >= 0.3 is 0 Å². The van der Waals surface area contributed by atoms with Crippen LogP contribution in [0.15, 0.2) is 71.5 Å². The number of nitrogens with zero attached hydrogens (tertiary/aromatic N) is 2. The van der Waals surface area contributed by atoms with Crippen molar-refractivity contribution in [1.82, 2.24) is 9.55 Å². The smallest absolute Gasteiger partial charge is 0.266 e. The van der Waals surface area contributed by atoms with Gasteiger partial charge in [-0.25, -0.2) is 4.98 Å². The first-order valence-electron chi connectivity index (χ1n) is 9.37. The molecule has 0 amide bonds. The molecule has 138 valence electrons. The van der Waals surface area contributed by atoms with Gasteiger partial charge in [0.25, 0.3) is 5.56 Å². The molecule has 0 saturated carbocycles. The summed E-state index contributed by atoms with van der Waals surface area (Å²) in [6.45, 7) is 6.14. The van der Waals surface area contributed by atoms with Gasteiger partial charge in [-0.15, -0.1) is 0 Å². The summed E-state index contributed by atoms with van der Waals surface area (Å²) in [5, 5.41) is 0.621. The van der Waals surface area contributed by atoms with Crippen LogP contribution in [0.1, 0.15) is 28.1 Å². The maximum Gasteiger partial charge on any atom is 0.266 e. The molecule has 0 fully saturated rings. The molecule has 0 aliphatic heterocycles. The average Bonchev–Trinajstić information content (AvgIpc) is 2.68. The monoisotopic (exact) mass is 366 g/mol. The Morgan fingerprint density at radius 1 is 0.821 bits per heavy atom. The first-order chi connectivity index (χ1) is 13.5. The second-order valence-corrected chi connectivity index (χ2v) is 7.17. The lowest BCUT2D eigenvalue weighted by molar-refractivity contribution is 0.933. The van der Waals surface area contributed by atoms with Gasteiger partial charge in [0, 0.05) is 0 Å². The van der Waals surface area contributed by atoms with Gasteiger partial charge in [0.1, 0.15) is 5.82 Å². The van der Waals surface area contributed by atoms with Crippen LogP contribution in [0.25, 0.3) is 28.7 Å².